The third-order valence-corrected chi connectivity index (χ3v) is 3.98. The molecule has 4 heteroatoms. The summed E-state index contributed by atoms with van der Waals surface area (Å²) in [5.41, 5.74) is 1.000. The van der Waals surface area contributed by atoms with E-state index in [9.17, 15) is 5.11 Å². The van der Waals surface area contributed by atoms with Crippen LogP contribution in [0.15, 0.2) is 16.6 Å². The standard InChI is InChI=1S/C12H17BrN2O/c1-9-11(13)5-6-12(14-9)15-7-3-2-4-10(15)8-16/h5-6,10,16H,2-4,7-8H2,1H3. The summed E-state index contributed by atoms with van der Waals surface area (Å²) in [6, 6.07) is 4.29. The van der Waals surface area contributed by atoms with Gasteiger partial charge in [-0.3, -0.25) is 0 Å². The lowest BCUT2D eigenvalue weighted by Gasteiger charge is -2.35. The number of aromatic nitrogens is 1. The van der Waals surface area contributed by atoms with E-state index in [-0.39, 0.29) is 12.6 Å². The number of aliphatic hydroxyl groups excluding tert-OH is 1. The average Bonchev–Trinajstić information content (AvgIpc) is 2.32. The van der Waals surface area contributed by atoms with Crippen molar-refractivity contribution < 1.29 is 5.11 Å². The molecule has 0 aromatic carbocycles. The Balaban J connectivity index is 2.23. The zero-order chi connectivity index (χ0) is 11.5. The summed E-state index contributed by atoms with van der Waals surface area (Å²) in [6.45, 7) is 3.21. The first kappa shape index (κ1) is 11.9. The normalized spacial score (nSPS) is 21.2. The highest BCUT2D eigenvalue weighted by Crippen LogP contribution is 2.25. The summed E-state index contributed by atoms with van der Waals surface area (Å²) >= 11 is 3.46. The lowest BCUT2D eigenvalue weighted by atomic mass is 10.0. The molecule has 1 aliphatic heterocycles. The number of hydrogen-bond acceptors (Lipinski definition) is 3. The van der Waals surface area contributed by atoms with Crippen molar-refractivity contribution in [1.29, 1.82) is 0 Å². The van der Waals surface area contributed by atoms with E-state index in [1.165, 1.54) is 12.8 Å². The molecule has 1 aromatic rings. The van der Waals surface area contributed by atoms with Crippen LogP contribution in [-0.2, 0) is 0 Å². The lowest BCUT2D eigenvalue weighted by molar-refractivity contribution is 0.239. The highest BCUT2D eigenvalue weighted by Gasteiger charge is 2.22. The lowest BCUT2D eigenvalue weighted by Crippen LogP contribution is -2.42. The quantitative estimate of drug-likeness (QED) is 0.907. The Labute approximate surface area is 105 Å². The van der Waals surface area contributed by atoms with Gasteiger partial charge in [0.05, 0.1) is 18.3 Å². The highest BCUT2D eigenvalue weighted by molar-refractivity contribution is 9.10. The molecule has 0 radical (unpaired) electrons. The summed E-state index contributed by atoms with van der Waals surface area (Å²) in [4.78, 5) is 6.79. The second kappa shape index (κ2) is 5.15. The number of nitrogens with zero attached hydrogens (tertiary/aromatic N) is 2. The Hall–Kier alpha value is -0.610. The van der Waals surface area contributed by atoms with Gasteiger partial charge in [0, 0.05) is 11.0 Å². The minimum absolute atomic E-state index is 0.219. The molecule has 1 fully saturated rings. The molecule has 0 saturated carbocycles. The smallest absolute Gasteiger partial charge is 0.129 e. The maximum atomic E-state index is 9.37. The highest BCUT2D eigenvalue weighted by atomic mass is 79.9. The van der Waals surface area contributed by atoms with Crippen molar-refractivity contribution in [1.82, 2.24) is 4.98 Å². The first-order valence-electron chi connectivity index (χ1n) is 5.73. The molecule has 1 N–H and O–H groups in total. The molecule has 1 saturated heterocycles. The number of hydrogen-bond donors (Lipinski definition) is 1. The maximum absolute atomic E-state index is 9.37. The van der Waals surface area contributed by atoms with E-state index in [4.69, 9.17) is 0 Å². The van der Waals surface area contributed by atoms with Gasteiger partial charge in [-0.2, -0.15) is 0 Å². The van der Waals surface area contributed by atoms with Crippen LogP contribution in [0.1, 0.15) is 25.0 Å². The van der Waals surface area contributed by atoms with Gasteiger partial charge in [-0.05, 0) is 54.2 Å². The van der Waals surface area contributed by atoms with Crippen molar-refractivity contribution in [2.45, 2.75) is 32.2 Å². The zero-order valence-corrected chi connectivity index (χ0v) is 11.1. The Morgan fingerprint density at radius 3 is 3.00 bits per heavy atom. The van der Waals surface area contributed by atoms with Gasteiger partial charge in [-0.25, -0.2) is 4.98 Å². The molecule has 1 atom stereocenters. The van der Waals surface area contributed by atoms with Gasteiger partial charge < -0.3 is 10.0 Å². The molecule has 1 aliphatic rings. The van der Waals surface area contributed by atoms with Gasteiger partial charge in [0.2, 0.25) is 0 Å². The van der Waals surface area contributed by atoms with E-state index >= 15 is 0 Å². The van der Waals surface area contributed by atoms with Crippen molar-refractivity contribution in [2.75, 3.05) is 18.1 Å². The van der Waals surface area contributed by atoms with Gasteiger partial charge in [-0.1, -0.05) is 0 Å². The van der Waals surface area contributed by atoms with E-state index in [1.54, 1.807) is 0 Å². The molecule has 0 bridgehead atoms. The van der Waals surface area contributed by atoms with Gasteiger partial charge in [-0.15, -0.1) is 0 Å². The number of pyridine rings is 1. The topological polar surface area (TPSA) is 36.4 Å². The number of anilines is 1. The summed E-state index contributed by atoms with van der Waals surface area (Å²) < 4.78 is 1.04. The molecular formula is C12H17BrN2O. The molecule has 0 spiro atoms. The summed E-state index contributed by atoms with van der Waals surface area (Å²) in [5, 5.41) is 9.37. The summed E-state index contributed by atoms with van der Waals surface area (Å²) in [7, 11) is 0. The number of aliphatic hydroxyl groups is 1. The van der Waals surface area contributed by atoms with Crippen LogP contribution in [0.3, 0.4) is 0 Å². The minimum Gasteiger partial charge on any atom is -0.394 e. The predicted octanol–water partition coefficient (Wildman–Crippen LogP) is 2.50. The number of halogens is 1. The Bertz CT molecular complexity index is 370. The molecule has 0 amide bonds. The van der Waals surface area contributed by atoms with Crippen molar-refractivity contribution in [2.24, 2.45) is 0 Å². The molecule has 2 rings (SSSR count). The van der Waals surface area contributed by atoms with Crippen LogP contribution in [0.5, 0.6) is 0 Å². The SMILES string of the molecule is Cc1nc(N2CCCCC2CO)ccc1Br. The molecule has 0 aliphatic carbocycles. The Kier molecular flexibility index (Phi) is 3.82. The van der Waals surface area contributed by atoms with Gasteiger partial charge in [0.25, 0.3) is 0 Å². The molecule has 1 aromatic heterocycles. The maximum Gasteiger partial charge on any atom is 0.129 e. The van der Waals surface area contributed by atoms with Crippen molar-refractivity contribution in [3.63, 3.8) is 0 Å². The van der Waals surface area contributed by atoms with Crippen molar-refractivity contribution >= 4 is 21.7 Å². The van der Waals surface area contributed by atoms with E-state index < -0.39 is 0 Å². The third kappa shape index (κ3) is 2.38. The van der Waals surface area contributed by atoms with Crippen LogP contribution in [0.25, 0.3) is 0 Å². The molecule has 1 unspecified atom stereocenters. The van der Waals surface area contributed by atoms with Crippen LogP contribution in [0, 0.1) is 6.92 Å². The molecule has 2 heterocycles. The van der Waals surface area contributed by atoms with Crippen LogP contribution in [-0.4, -0.2) is 29.3 Å². The fourth-order valence-corrected chi connectivity index (χ4v) is 2.40. The van der Waals surface area contributed by atoms with Crippen LogP contribution in [0.4, 0.5) is 5.82 Å². The molecular weight excluding hydrogens is 268 g/mol. The van der Waals surface area contributed by atoms with Gasteiger partial charge in [0.1, 0.15) is 5.82 Å². The fourth-order valence-electron chi connectivity index (χ4n) is 2.18. The first-order valence-corrected chi connectivity index (χ1v) is 6.52. The molecule has 88 valence electrons. The Morgan fingerprint density at radius 2 is 2.31 bits per heavy atom. The van der Waals surface area contributed by atoms with Crippen molar-refractivity contribution in [3.05, 3.63) is 22.3 Å². The Morgan fingerprint density at radius 1 is 1.50 bits per heavy atom. The van der Waals surface area contributed by atoms with E-state index in [2.05, 4.69) is 25.8 Å². The van der Waals surface area contributed by atoms with Crippen LogP contribution < -0.4 is 4.90 Å². The minimum atomic E-state index is 0.219. The molecule has 3 nitrogen and oxygen atoms in total. The van der Waals surface area contributed by atoms with Gasteiger partial charge in [0.15, 0.2) is 0 Å². The second-order valence-electron chi connectivity index (χ2n) is 4.26. The zero-order valence-electron chi connectivity index (χ0n) is 9.49. The number of piperidine rings is 1. The number of aryl methyl sites for hydroxylation is 1. The monoisotopic (exact) mass is 284 g/mol. The summed E-state index contributed by atoms with van der Waals surface area (Å²) in [6.07, 6.45) is 3.46. The third-order valence-electron chi connectivity index (χ3n) is 3.14. The van der Waals surface area contributed by atoms with Gasteiger partial charge >= 0.3 is 0 Å². The van der Waals surface area contributed by atoms with E-state index in [0.29, 0.717) is 0 Å². The van der Waals surface area contributed by atoms with Crippen LogP contribution in [0.2, 0.25) is 0 Å². The fraction of sp³-hybridized carbons (Fsp3) is 0.583. The summed E-state index contributed by atoms with van der Waals surface area (Å²) in [5.74, 6) is 0.986. The number of rotatable bonds is 2. The first-order chi connectivity index (χ1) is 7.72. The second-order valence-corrected chi connectivity index (χ2v) is 5.12. The molecule has 16 heavy (non-hydrogen) atoms. The van der Waals surface area contributed by atoms with E-state index in [0.717, 1.165) is 29.0 Å². The van der Waals surface area contributed by atoms with Crippen LogP contribution >= 0.6 is 15.9 Å². The van der Waals surface area contributed by atoms with E-state index in [1.807, 2.05) is 19.1 Å². The largest absolute Gasteiger partial charge is 0.394 e. The average molecular weight is 285 g/mol. The predicted molar refractivity (Wildman–Crippen MR) is 68.7 cm³/mol. The van der Waals surface area contributed by atoms with Crippen molar-refractivity contribution in [3.8, 4) is 0 Å².